The third kappa shape index (κ3) is 11.2. The molecule has 0 bridgehead atoms. The summed E-state index contributed by atoms with van der Waals surface area (Å²) < 4.78 is 5.95. The number of H-pyrrole nitrogens is 1. The number of carbonyl (C=O) groups excluding carboxylic acids is 3. The first-order valence-electron chi connectivity index (χ1n) is 16.6. The number of amides is 3. The molecule has 4 aromatic carbocycles. The lowest BCUT2D eigenvalue weighted by atomic mass is 10.0. The van der Waals surface area contributed by atoms with Crippen LogP contribution in [0.5, 0.6) is 5.75 Å². The highest BCUT2D eigenvalue weighted by molar-refractivity contribution is 5.90. The van der Waals surface area contributed by atoms with E-state index in [9.17, 15) is 14.4 Å². The van der Waals surface area contributed by atoms with E-state index in [0.717, 1.165) is 22.3 Å². The van der Waals surface area contributed by atoms with Gasteiger partial charge in [0, 0.05) is 38.3 Å². The van der Waals surface area contributed by atoms with Crippen LogP contribution in [0.15, 0.2) is 128 Å². The van der Waals surface area contributed by atoms with Crippen LogP contribution in [0.3, 0.4) is 0 Å². The van der Waals surface area contributed by atoms with E-state index in [-0.39, 0.29) is 49.6 Å². The van der Waals surface area contributed by atoms with Crippen molar-refractivity contribution in [2.45, 2.75) is 51.3 Å². The molecular formula is C40H43N5O4. The van der Waals surface area contributed by atoms with Gasteiger partial charge in [0.05, 0.1) is 6.54 Å². The summed E-state index contributed by atoms with van der Waals surface area (Å²) in [5.41, 5.74) is 4.02. The molecule has 9 nitrogen and oxygen atoms in total. The fourth-order valence-electron chi connectivity index (χ4n) is 5.45. The molecule has 5 rings (SSSR count). The number of carbonyl (C=O) groups is 3. The Bertz CT molecular complexity index is 1730. The molecule has 3 amide bonds. The molecule has 0 radical (unpaired) electrons. The minimum absolute atomic E-state index is 0.0911. The fraction of sp³-hybridized carbons (Fsp3) is 0.250. The second-order valence-corrected chi connectivity index (χ2v) is 12.1. The van der Waals surface area contributed by atoms with Crippen LogP contribution in [0.25, 0.3) is 0 Å². The highest BCUT2D eigenvalue weighted by Gasteiger charge is 2.29. The first-order valence-corrected chi connectivity index (χ1v) is 16.6. The van der Waals surface area contributed by atoms with E-state index in [0.29, 0.717) is 31.1 Å². The predicted octanol–water partition coefficient (Wildman–Crippen LogP) is 5.60. The van der Waals surface area contributed by atoms with Gasteiger partial charge in [-0.25, -0.2) is 4.98 Å². The Kier molecular flexibility index (Phi) is 12.7. The van der Waals surface area contributed by atoms with Crippen molar-refractivity contribution in [3.8, 4) is 5.75 Å². The molecule has 49 heavy (non-hydrogen) atoms. The van der Waals surface area contributed by atoms with E-state index in [1.165, 1.54) is 4.90 Å². The average molecular weight is 658 g/mol. The topological polar surface area (TPSA) is 116 Å². The smallest absolute Gasteiger partial charge is 0.246 e. The number of nitrogens with zero attached hydrogens (tertiary/aromatic N) is 2. The van der Waals surface area contributed by atoms with E-state index >= 15 is 0 Å². The number of benzene rings is 4. The van der Waals surface area contributed by atoms with Crippen LogP contribution >= 0.6 is 0 Å². The Morgan fingerprint density at radius 2 is 1.45 bits per heavy atom. The molecule has 0 aliphatic heterocycles. The molecule has 0 aliphatic carbocycles. The minimum Gasteiger partial charge on any atom is -0.489 e. The summed E-state index contributed by atoms with van der Waals surface area (Å²) in [4.78, 5) is 49.6. The molecule has 0 spiro atoms. The van der Waals surface area contributed by atoms with Crippen LogP contribution in [0.2, 0.25) is 0 Å². The fourth-order valence-corrected chi connectivity index (χ4v) is 5.45. The number of hydrogen-bond acceptors (Lipinski definition) is 5. The third-order valence-corrected chi connectivity index (χ3v) is 8.23. The maximum atomic E-state index is 14.3. The van der Waals surface area contributed by atoms with Gasteiger partial charge in [-0.2, -0.15) is 0 Å². The molecular weight excluding hydrogens is 614 g/mol. The molecule has 5 aromatic rings. The van der Waals surface area contributed by atoms with Crippen LogP contribution in [0, 0.1) is 0 Å². The van der Waals surface area contributed by atoms with Crippen molar-refractivity contribution in [2.24, 2.45) is 0 Å². The summed E-state index contributed by atoms with van der Waals surface area (Å²) in [6, 6.07) is 36.1. The zero-order valence-electron chi connectivity index (χ0n) is 27.8. The molecule has 0 saturated heterocycles. The summed E-state index contributed by atoms with van der Waals surface area (Å²) in [5.74, 6) is 0.427. The first kappa shape index (κ1) is 34.6. The van der Waals surface area contributed by atoms with Gasteiger partial charge in [-0.05, 0) is 46.7 Å². The highest BCUT2D eigenvalue weighted by Crippen LogP contribution is 2.17. The lowest BCUT2D eigenvalue weighted by Gasteiger charge is -2.28. The summed E-state index contributed by atoms with van der Waals surface area (Å²) >= 11 is 0. The molecule has 252 valence electrons. The molecule has 0 fully saturated rings. The van der Waals surface area contributed by atoms with Crippen molar-refractivity contribution in [1.82, 2.24) is 25.5 Å². The van der Waals surface area contributed by atoms with Crippen LogP contribution in [0.1, 0.15) is 47.3 Å². The summed E-state index contributed by atoms with van der Waals surface area (Å²) in [6.45, 7) is 2.88. The Balaban J connectivity index is 1.29. The highest BCUT2D eigenvalue weighted by atomic mass is 16.5. The Labute approximate surface area is 287 Å². The van der Waals surface area contributed by atoms with E-state index in [2.05, 4.69) is 20.6 Å². The summed E-state index contributed by atoms with van der Waals surface area (Å²) in [7, 11) is 0. The molecule has 1 unspecified atom stereocenters. The van der Waals surface area contributed by atoms with Crippen LogP contribution in [-0.2, 0) is 40.4 Å². The Hall–Kier alpha value is -5.70. The molecule has 3 N–H and O–H groups in total. The lowest BCUT2D eigenvalue weighted by Crippen LogP contribution is -2.52. The Morgan fingerprint density at radius 3 is 2.10 bits per heavy atom. The number of imidazole rings is 1. The number of aryl methyl sites for hydroxylation is 1. The maximum absolute atomic E-state index is 14.3. The second-order valence-electron chi connectivity index (χ2n) is 12.1. The molecule has 2 atom stereocenters. The van der Waals surface area contributed by atoms with Crippen molar-refractivity contribution in [1.29, 1.82) is 0 Å². The SMILES string of the molecule is CC(CNC(=O)CN(Cc1ccc(OCc2ccccc2)cc1)C(=O)[C@H](Cc1ncc[nH]1)NC(=O)CCc1ccccc1)c1ccccc1. The zero-order chi connectivity index (χ0) is 34.3. The van der Waals surface area contributed by atoms with Crippen LogP contribution in [0.4, 0.5) is 0 Å². The van der Waals surface area contributed by atoms with Gasteiger partial charge in [0.2, 0.25) is 17.7 Å². The quantitative estimate of drug-likeness (QED) is 0.121. The van der Waals surface area contributed by atoms with Gasteiger partial charge in [0.15, 0.2) is 0 Å². The van der Waals surface area contributed by atoms with Crippen molar-refractivity contribution < 1.29 is 19.1 Å². The number of nitrogens with one attached hydrogen (secondary N) is 3. The molecule has 9 heteroatoms. The number of hydrogen-bond donors (Lipinski definition) is 3. The molecule has 1 aromatic heterocycles. The Morgan fingerprint density at radius 1 is 0.796 bits per heavy atom. The standard InChI is InChI=1S/C40H43N5O4/c1-30(34-15-9-4-10-16-34)26-43-39(47)28-45(27-32-17-20-35(21-18-32)49-29-33-13-7-3-8-14-33)40(48)36(25-37-41-23-24-42-37)44-38(46)22-19-31-11-5-2-6-12-31/h2-18,20-21,23-24,30,36H,19,22,25-29H2,1H3,(H,41,42)(H,43,47)(H,44,46)/t30?,36-/m0/s1. The van der Waals surface area contributed by atoms with Gasteiger partial charge < -0.3 is 25.3 Å². The number of aromatic amines is 1. The van der Waals surface area contributed by atoms with Crippen LogP contribution in [-0.4, -0.2) is 51.7 Å². The van der Waals surface area contributed by atoms with Crippen molar-refractivity contribution in [3.05, 3.63) is 156 Å². The second kappa shape index (κ2) is 18.0. The monoisotopic (exact) mass is 657 g/mol. The number of rotatable bonds is 17. The van der Waals surface area contributed by atoms with Gasteiger partial charge >= 0.3 is 0 Å². The third-order valence-electron chi connectivity index (χ3n) is 8.23. The number of ether oxygens (including phenoxy) is 1. The largest absolute Gasteiger partial charge is 0.489 e. The summed E-state index contributed by atoms with van der Waals surface area (Å²) in [6.07, 6.45) is 4.19. The van der Waals surface area contributed by atoms with E-state index < -0.39 is 6.04 Å². The van der Waals surface area contributed by atoms with Crippen LogP contribution < -0.4 is 15.4 Å². The van der Waals surface area contributed by atoms with E-state index in [1.807, 2.05) is 122 Å². The van der Waals surface area contributed by atoms with Gasteiger partial charge in [0.1, 0.15) is 24.2 Å². The van der Waals surface area contributed by atoms with Gasteiger partial charge in [-0.3, -0.25) is 14.4 Å². The molecule has 1 heterocycles. The van der Waals surface area contributed by atoms with Gasteiger partial charge in [-0.15, -0.1) is 0 Å². The lowest BCUT2D eigenvalue weighted by molar-refractivity contribution is -0.140. The predicted molar refractivity (Wildman–Crippen MR) is 189 cm³/mol. The van der Waals surface area contributed by atoms with Crippen molar-refractivity contribution >= 4 is 17.7 Å². The normalized spacial score (nSPS) is 12.0. The van der Waals surface area contributed by atoms with Crippen molar-refractivity contribution in [3.63, 3.8) is 0 Å². The summed E-state index contributed by atoms with van der Waals surface area (Å²) in [5, 5.41) is 5.93. The first-order chi connectivity index (χ1) is 23.9. The molecule has 0 saturated carbocycles. The van der Waals surface area contributed by atoms with E-state index in [1.54, 1.807) is 12.4 Å². The van der Waals surface area contributed by atoms with Gasteiger partial charge in [0.25, 0.3) is 0 Å². The molecule has 0 aliphatic rings. The average Bonchev–Trinajstić information content (AvgIpc) is 3.66. The minimum atomic E-state index is -0.932. The van der Waals surface area contributed by atoms with Gasteiger partial charge in [-0.1, -0.05) is 110 Å². The maximum Gasteiger partial charge on any atom is 0.246 e. The van der Waals surface area contributed by atoms with E-state index in [4.69, 9.17) is 4.74 Å². The van der Waals surface area contributed by atoms with Crippen molar-refractivity contribution in [2.75, 3.05) is 13.1 Å². The number of aromatic nitrogens is 2. The zero-order valence-corrected chi connectivity index (χ0v) is 27.8.